The minimum Gasteiger partial charge on any atom is -0.579 e. The molecule has 6 nitrogen and oxygen atoms in total. The van der Waals surface area contributed by atoms with Crippen molar-refractivity contribution in [1.82, 2.24) is 20.8 Å². The first-order valence-corrected chi connectivity index (χ1v) is 6.74. The molecule has 0 spiro atoms. The summed E-state index contributed by atoms with van der Waals surface area (Å²) in [4.78, 5) is 22.4. The zero-order valence-electron chi connectivity index (χ0n) is 12.1. The Labute approximate surface area is 133 Å². The Bertz CT molecular complexity index is 434. The average molecular weight is 452 g/mol. The molecule has 20 heavy (non-hydrogen) atoms. The normalized spacial score (nSPS) is 17.6. The van der Waals surface area contributed by atoms with Gasteiger partial charge in [-0.2, -0.15) is 0 Å². The van der Waals surface area contributed by atoms with Crippen LogP contribution in [0.2, 0.25) is 0 Å². The van der Waals surface area contributed by atoms with Gasteiger partial charge in [0.2, 0.25) is 11.8 Å². The fraction of sp³-hybridized carbons (Fsp3) is 0.615. The second-order valence-electron chi connectivity index (χ2n) is 4.07. The van der Waals surface area contributed by atoms with Gasteiger partial charge < -0.3 is 15.5 Å². The third-order valence-electron chi connectivity index (χ3n) is 2.77. The number of nitrogens with zero attached hydrogens (tertiary/aromatic N) is 2. The molecular weight excluding hydrogens is 430 g/mol. The van der Waals surface area contributed by atoms with Crippen molar-refractivity contribution in [1.29, 1.82) is 0 Å². The van der Waals surface area contributed by atoms with Gasteiger partial charge in [-0.15, -0.1) is 5.69 Å². The number of rotatable bonds is 4. The molecule has 2 rings (SSSR count). The van der Waals surface area contributed by atoms with Crippen molar-refractivity contribution in [3.05, 3.63) is 17.5 Å². The first-order chi connectivity index (χ1) is 9.19. The fourth-order valence-corrected chi connectivity index (χ4v) is 1.75. The van der Waals surface area contributed by atoms with Gasteiger partial charge in [0.1, 0.15) is 0 Å². The van der Waals surface area contributed by atoms with Crippen molar-refractivity contribution < 1.29 is 30.0 Å². The van der Waals surface area contributed by atoms with Crippen molar-refractivity contribution in [2.75, 3.05) is 0 Å². The number of hydrogen-bond donors (Lipinski definition) is 2. The maximum atomic E-state index is 11.5. The number of aromatic nitrogens is 2. The zero-order valence-corrected chi connectivity index (χ0v) is 14.8. The van der Waals surface area contributed by atoms with Crippen LogP contribution in [-0.4, -0.2) is 23.0 Å². The van der Waals surface area contributed by atoms with Crippen LogP contribution in [0.1, 0.15) is 45.0 Å². The molecule has 1 saturated heterocycles. The van der Waals surface area contributed by atoms with Crippen LogP contribution in [0.25, 0.3) is 0 Å². The summed E-state index contributed by atoms with van der Waals surface area (Å²) in [6, 6.07) is 1.60. The molecule has 2 N–H and O–H groups in total. The number of imide groups is 1. The van der Waals surface area contributed by atoms with Crippen LogP contribution in [0.3, 0.4) is 0 Å². The van der Waals surface area contributed by atoms with Crippen LogP contribution < -0.4 is 15.7 Å². The predicted molar refractivity (Wildman–Crippen MR) is 71.3 cm³/mol. The Kier molecular flexibility index (Phi) is 9.31. The Hall–Kier alpha value is -1.03. The summed E-state index contributed by atoms with van der Waals surface area (Å²) in [6.45, 7) is 6.51. The summed E-state index contributed by atoms with van der Waals surface area (Å²) >= 11 is 0. The van der Waals surface area contributed by atoms with Gasteiger partial charge in [0.25, 0.3) is 0 Å². The van der Waals surface area contributed by atoms with E-state index in [9.17, 15) is 9.59 Å². The Morgan fingerprint density at radius 1 is 1.45 bits per heavy atom. The standard InChI is InChI=1S/C11H16N4O2.C2H6.Re/c1-2-7-5-8(15-14-7)6-12-9-3-4-10(16)13-11(9)17;1-2;/h5,9,12H,2-4,6H2,1H3,(H2,13,14,15,16,17);1-2H3;/p-1. The molecule has 113 valence electrons. The first-order valence-electron chi connectivity index (χ1n) is 6.74. The van der Waals surface area contributed by atoms with E-state index < -0.39 is 0 Å². The van der Waals surface area contributed by atoms with Gasteiger partial charge in [-0.3, -0.25) is 14.9 Å². The molecule has 0 aromatic carbocycles. The smallest absolute Gasteiger partial charge is 0.243 e. The second kappa shape index (κ2) is 9.81. The zero-order chi connectivity index (χ0) is 14.3. The van der Waals surface area contributed by atoms with Crippen LogP contribution in [-0.2, 0) is 43.0 Å². The predicted octanol–water partition coefficient (Wildman–Crippen LogP) is 0.520. The van der Waals surface area contributed by atoms with E-state index in [1.54, 1.807) is 0 Å². The van der Waals surface area contributed by atoms with E-state index in [0.29, 0.717) is 19.4 Å². The molecule has 1 atom stereocenters. The summed E-state index contributed by atoms with van der Waals surface area (Å²) in [6.07, 6.45) is 1.78. The molecule has 1 radical (unpaired) electrons. The van der Waals surface area contributed by atoms with E-state index in [0.717, 1.165) is 17.8 Å². The van der Waals surface area contributed by atoms with Gasteiger partial charge in [-0.1, -0.05) is 33.3 Å². The van der Waals surface area contributed by atoms with Gasteiger partial charge in [0.05, 0.1) is 6.04 Å². The van der Waals surface area contributed by atoms with Crippen molar-refractivity contribution in [2.24, 2.45) is 0 Å². The molecule has 1 aromatic rings. The van der Waals surface area contributed by atoms with Crippen LogP contribution >= 0.6 is 0 Å². The summed E-state index contributed by atoms with van der Waals surface area (Å²) in [5.74, 6) is -0.453. The van der Waals surface area contributed by atoms with Gasteiger partial charge in [-0.05, 0) is 6.42 Å². The summed E-state index contributed by atoms with van der Waals surface area (Å²) in [5.41, 5.74) is 1.77. The van der Waals surface area contributed by atoms with E-state index in [4.69, 9.17) is 0 Å². The Morgan fingerprint density at radius 2 is 2.15 bits per heavy atom. The molecule has 1 aliphatic heterocycles. The van der Waals surface area contributed by atoms with Crippen molar-refractivity contribution in [3.8, 4) is 0 Å². The van der Waals surface area contributed by atoms with E-state index in [1.165, 1.54) is 0 Å². The van der Waals surface area contributed by atoms with Gasteiger partial charge in [0.15, 0.2) is 0 Å². The summed E-state index contributed by atoms with van der Waals surface area (Å²) in [5, 5.41) is 13.4. The number of carbonyl (C=O) groups excluding carboxylic acids is 2. The molecular formula is C13H21N4O2Re-. The maximum Gasteiger partial charge on any atom is 0.243 e. The average Bonchev–Trinajstić information content (AvgIpc) is 2.88. The third kappa shape index (κ3) is 5.53. The molecule has 1 unspecified atom stereocenters. The van der Waals surface area contributed by atoms with Gasteiger partial charge in [0, 0.05) is 39.1 Å². The number of aryl methyl sites for hydroxylation is 1. The number of carbonyl (C=O) groups is 2. The minimum absolute atomic E-state index is 0. The number of nitrogens with one attached hydrogen (secondary N) is 2. The van der Waals surface area contributed by atoms with Crippen LogP contribution in [0, 0.1) is 0 Å². The van der Waals surface area contributed by atoms with E-state index >= 15 is 0 Å². The van der Waals surface area contributed by atoms with Crippen molar-refractivity contribution in [2.45, 2.75) is 52.6 Å². The molecule has 1 fully saturated rings. The van der Waals surface area contributed by atoms with Crippen LogP contribution in [0.5, 0.6) is 0 Å². The molecule has 1 aromatic heterocycles. The van der Waals surface area contributed by atoms with E-state index in [-0.39, 0.29) is 38.3 Å². The Morgan fingerprint density at radius 3 is 2.70 bits per heavy atom. The quantitative estimate of drug-likeness (QED) is 0.652. The van der Waals surface area contributed by atoms with E-state index in [1.807, 2.05) is 26.8 Å². The molecule has 0 saturated carbocycles. The molecule has 0 aliphatic carbocycles. The van der Waals surface area contributed by atoms with E-state index in [2.05, 4.69) is 20.8 Å². The molecule has 2 heterocycles. The van der Waals surface area contributed by atoms with Gasteiger partial charge >= 0.3 is 0 Å². The monoisotopic (exact) mass is 452 g/mol. The second-order valence-corrected chi connectivity index (χ2v) is 4.07. The van der Waals surface area contributed by atoms with Crippen LogP contribution in [0.4, 0.5) is 0 Å². The van der Waals surface area contributed by atoms with Gasteiger partial charge in [-0.25, -0.2) is 0 Å². The topological polar surface area (TPSA) is 85.2 Å². The first kappa shape index (κ1) is 19.0. The SMILES string of the molecule is CC.CCc1cc(CNC2CCC(=O)NC2=O)n[n-]1.[Re]. The summed E-state index contributed by atoms with van der Waals surface area (Å²) in [7, 11) is 0. The molecule has 0 bridgehead atoms. The number of hydrogen-bond acceptors (Lipinski definition) is 4. The number of amides is 2. The maximum absolute atomic E-state index is 11.5. The van der Waals surface area contributed by atoms with Crippen LogP contribution in [0.15, 0.2) is 6.07 Å². The summed E-state index contributed by atoms with van der Waals surface area (Å²) < 4.78 is 0. The van der Waals surface area contributed by atoms with Crippen molar-refractivity contribution in [3.63, 3.8) is 0 Å². The minimum atomic E-state index is -0.311. The molecule has 2 amide bonds. The molecule has 1 aliphatic rings. The number of piperidine rings is 1. The van der Waals surface area contributed by atoms with Crippen molar-refractivity contribution >= 4 is 11.8 Å². The third-order valence-corrected chi connectivity index (χ3v) is 2.77. The largest absolute Gasteiger partial charge is 0.579 e. The molecule has 7 heteroatoms. The Balaban J connectivity index is 0.00000115. The fourth-order valence-electron chi connectivity index (χ4n) is 1.75.